The highest BCUT2D eigenvalue weighted by atomic mass is 31.2. The van der Waals surface area contributed by atoms with Gasteiger partial charge < -0.3 is 14.2 Å². The molecular formula is C14H23O5PSi. The summed E-state index contributed by atoms with van der Waals surface area (Å²) in [6, 6.07) is 4.64. The van der Waals surface area contributed by atoms with Crippen LogP contribution in [0.5, 0.6) is 5.75 Å². The number of carbonyl (C=O) groups is 1. The minimum absolute atomic E-state index is 0.0520. The van der Waals surface area contributed by atoms with Gasteiger partial charge in [-0.3, -0.25) is 9.36 Å². The lowest BCUT2D eigenvalue weighted by Gasteiger charge is -2.37. The van der Waals surface area contributed by atoms with Gasteiger partial charge in [0.1, 0.15) is 12.0 Å². The van der Waals surface area contributed by atoms with E-state index in [0.29, 0.717) is 23.2 Å². The predicted octanol–water partition coefficient (Wildman–Crippen LogP) is 3.56. The lowest BCUT2D eigenvalue weighted by molar-refractivity contribution is 0.112. The van der Waals surface area contributed by atoms with Gasteiger partial charge in [0.05, 0.1) is 6.16 Å². The molecule has 21 heavy (non-hydrogen) atoms. The van der Waals surface area contributed by atoms with E-state index in [2.05, 4.69) is 20.8 Å². The average Bonchev–Trinajstić information content (AvgIpc) is 2.27. The van der Waals surface area contributed by atoms with Gasteiger partial charge in [-0.05, 0) is 24.2 Å². The molecule has 1 rings (SSSR count). The van der Waals surface area contributed by atoms with Crippen LogP contribution in [0.3, 0.4) is 0 Å². The number of rotatable bonds is 5. The van der Waals surface area contributed by atoms with E-state index in [1.54, 1.807) is 12.1 Å². The van der Waals surface area contributed by atoms with Crippen molar-refractivity contribution in [3.63, 3.8) is 0 Å². The molecule has 1 aromatic carbocycles. The van der Waals surface area contributed by atoms with E-state index in [1.165, 1.54) is 6.07 Å². The van der Waals surface area contributed by atoms with Gasteiger partial charge in [0.25, 0.3) is 0 Å². The van der Waals surface area contributed by atoms with E-state index in [1.807, 2.05) is 13.1 Å². The van der Waals surface area contributed by atoms with E-state index in [9.17, 15) is 19.1 Å². The summed E-state index contributed by atoms with van der Waals surface area (Å²) in [5.74, 6) is 0.398. The minimum Gasteiger partial charge on any atom is -0.543 e. The van der Waals surface area contributed by atoms with E-state index in [4.69, 9.17) is 4.43 Å². The summed E-state index contributed by atoms with van der Waals surface area (Å²) < 4.78 is 17.4. The van der Waals surface area contributed by atoms with Crippen molar-refractivity contribution in [2.45, 2.75) is 45.1 Å². The van der Waals surface area contributed by atoms with Crippen LogP contribution in [0, 0.1) is 0 Å². The van der Waals surface area contributed by atoms with Gasteiger partial charge in [0.15, 0.2) is 0 Å². The van der Waals surface area contributed by atoms with E-state index < -0.39 is 22.1 Å². The van der Waals surface area contributed by atoms with Crippen molar-refractivity contribution < 1.29 is 23.6 Å². The van der Waals surface area contributed by atoms with Crippen LogP contribution in [0.1, 0.15) is 36.7 Å². The topological polar surface area (TPSA) is 83.8 Å². The zero-order valence-corrected chi connectivity index (χ0v) is 15.0. The summed E-state index contributed by atoms with van der Waals surface area (Å²) in [7, 11) is -6.35. The lowest BCUT2D eigenvalue weighted by atomic mass is 10.1. The number of carbonyl (C=O) groups excluding carboxylic acids is 1. The van der Waals surface area contributed by atoms with Crippen molar-refractivity contribution in [3.05, 3.63) is 29.3 Å². The van der Waals surface area contributed by atoms with Crippen LogP contribution >= 0.6 is 7.60 Å². The lowest BCUT2D eigenvalue weighted by Crippen LogP contribution is -2.44. The summed E-state index contributed by atoms with van der Waals surface area (Å²) in [5.41, 5.74) is 0.858. The molecule has 0 atom stereocenters. The molecule has 0 amide bonds. The van der Waals surface area contributed by atoms with Gasteiger partial charge in [-0.1, -0.05) is 32.9 Å². The Morgan fingerprint density at radius 2 is 1.86 bits per heavy atom. The molecule has 7 heteroatoms. The molecule has 0 unspecified atom stereocenters. The molecule has 0 aliphatic rings. The van der Waals surface area contributed by atoms with Crippen LogP contribution in [0.25, 0.3) is 0 Å². The molecule has 0 radical (unpaired) electrons. The number of hydrogen-bond donors (Lipinski definition) is 2. The third-order valence-corrected chi connectivity index (χ3v) is 8.87. The molecule has 0 heterocycles. The molecular weight excluding hydrogens is 307 g/mol. The van der Waals surface area contributed by atoms with Crippen molar-refractivity contribution in [3.8, 4) is 5.75 Å². The highest BCUT2D eigenvalue weighted by molar-refractivity contribution is 7.50. The van der Waals surface area contributed by atoms with Crippen molar-refractivity contribution in [1.29, 1.82) is 0 Å². The van der Waals surface area contributed by atoms with Gasteiger partial charge in [0, 0.05) is 11.1 Å². The number of benzene rings is 1. The number of hydrogen-bond acceptors (Lipinski definition) is 3. The summed E-state index contributed by atoms with van der Waals surface area (Å²) in [6.07, 6.45) is 0.301. The van der Waals surface area contributed by atoms with E-state index in [-0.39, 0.29) is 5.04 Å². The molecule has 0 bridgehead atoms. The summed E-state index contributed by atoms with van der Waals surface area (Å²) >= 11 is 0. The van der Waals surface area contributed by atoms with Crippen LogP contribution < -0.4 is 4.43 Å². The monoisotopic (exact) mass is 330 g/mol. The van der Waals surface area contributed by atoms with Crippen molar-refractivity contribution in [2.24, 2.45) is 0 Å². The number of aldehydes is 1. The molecule has 0 aromatic heterocycles. The largest absolute Gasteiger partial charge is 0.543 e. The second kappa shape index (κ2) is 6.05. The quantitative estimate of drug-likeness (QED) is 0.490. The van der Waals surface area contributed by atoms with Gasteiger partial charge in [-0.2, -0.15) is 0 Å². The zero-order valence-electron chi connectivity index (χ0n) is 13.1. The molecule has 2 N–H and O–H groups in total. The Bertz CT molecular complexity index is 571. The van der Waals surface area contributed by atoms with Gasteiger partial charge in [0.2, 0.25) is 8.32 Å². The van der Waals surface area contributed by atoms with Crippen LogP contribution in [-0.2, 0) is 10.7 Å². The van der Waals surface area contributed by atoms with Crippen molar-refractivity contribution >= 4 is 22.2 Å². The SMILES string of the molecule is CC(C)(C)[Si](C)(C)Oc1cc(C=O)ccc1CP(=O)(O)O. The molecule has 0 saturated heterocycles. The molecule has 0 spiro atoms. The second-order valence-electron chi connectivity index (χ2n) is 6.67. The van der Waals surface area contributed by atoms with Gasteiger partial charge in [-0.15, -0.1) is 0 Å². The van der Waals surface area contributed by atoms with Gasteiger partial charge in [-0.25, -0.2) is 0 Å². The maximum absolute atomic E-state index is 11.3. The predicted molar refractivity (Wildman–Crippen MR) is 85.4 cm³/mol. The Kier molecular flexibility index (Phi) is 5.21. The Morgan fingerprint density at radius 1 is 1.29 bits per heavy atom. The van der Waals surface area contributed by atoms with Gasteiger partial charge >= 0.3 is 7.60 Å². The third-order valence-electron chi connectivity index (χ3n) is 3.77. The first-order chi connectivity index (χ1) is 9.36. The first-order valence-corrected chi connectivity index (χ1v) is 11.4. The third kappa shape index (κ3) is 5.07. The second-order valence-corrected chi connectivity index (χ2v) is 13.0. The van der Waals surface area contributed by atoms with E-state index >= 15 is 0 Å². The maximum Gasteiger partial charge on any atom is 0.330 e. The highest BCUT2D eigenvalue weighted by Crippen LogP contribution is 2.44. The summed E-state index contributed by atoms with van der Waals surface area (Å²) in [6.45, 7) is 10.3. The van der Waals surface area contributed by atoms with Crippen molar-refractivity contribution in [2.75, 3.05) is 0 Å². The summed E-state index contributed by atoms with van der Waals surface area (Å²) in [4.78, 5) is 29.3. The molecule has 0 fully saturated rings. The summed E-state index contributed by atoms with van der Waals surface area (Å²) in [5, 5.41) is -0.0520. The Balaban J connectivity index is 3.25. The smallest absolute Gasteiger partial charge is 0.330 e. The van der Waals surface area contributed by atoms with E-state index in [0.717, 1.165) is 0 Å². The standard InChI is InChI=1S/C14H23O5PSi/c1-14(2,3)21(4,5)19-13-8-11(9-15)6-7-12(13)10-20(16,17)18/h6-9H,10H2,1-5H3,(H2,16,17,18). The zero-order chi connectivity index (χ0) is 16.5. The first kappa shape index (κ1) is 18.1. The normalized spacial score (nSPS) is 13.1. The minimum atomic E-state index is -4.20. The fourth-order valence-electron chi connectivity index (χ4n) is 1.52. The Morgan fingerprint density at radius 3 is 2.29 bits per heavy atom. The Labute approximate surface area is 126 Å². The average molecular weight is 330 g/mol. The van der Waals surface area contributed by atoms with Crippen LogP contribution in [0.4, 0.5) is 0 Å². The van der Waals surface area contributed by atoms with Crippen LogP contribution in [-0.4, -0.2) is 24.4 Å². The molecule has 0 saturated carbocycles. The molecule has 0 aliphatic heterocycles. The van der Waals surface area contributed by atoms with Crippen LogP contribution in [0.15, 0.2) is 18.2 Å². The maximum atomic E-state index is 11.3. The highest BCUT2D eigenvalue weighted by Gasteiger charge is 2.39. The molecule has 5 nitrogen and oxygen atoms in total. The van der Waals surface area contributed by atoms with Crippen LogP contribution in [0.2, 0.25) is 18.1 Å². The molecule has 118 valence electrons. The first-order valence-electron chi connectivity index (χ1n) is 6.67. The van der Waals surface area contributed by atoms with Crippen molar-refractivity contribution in [1.82, 2.24) is 0 Å². The molecule has 1 aromatic rings. The molecule has 0 aliphatic carbocycles. The fraction of sp³-hybridized carbons (Fsp3) is 0.500. The fourth-order valence-corrected chi connectivity index (χ4v) is 3.27. The Hall–Kier alpha value is -0.943.